The SMILES string of the molecule is O=S1(=O)CCCC(NC2CC2)c2ccc(F)cc21. The summed E-state index contributed by atoms with van der Waals surface area (Å²) in [4.78, 5) is 0.179. The minimum absolute atomic E-state index is 0.0466. The first-order valence-corrected chi connectivity index (χ1v) is 8.00. The van der Waals surface area contributed by atoms with Crippen LogP contribution in [0, 0.1) is 5.82 Å². The molecule has 1 aliphatic carbocycles. The molecule has 0 aromatic heterocycles. The number of hydrogen-bond donors (Lipinski definition) is 1. The molecule has 3 rings (SSSR count). The summed E-state index contributed by atoms with van der Waals surface area (Å²) in [5.74, 6) is -0.365. The van der Waals surface area contributed by atoms with Crippen molar-refractivity contribution in [3.63, 3.8) is 0 Å². The van der Waals surface area contributed by atoms with Crippen LogP contribution in [0.5, 0.6) is 0 Å². The molecule has 2 aliphatic rings. The number of nitrogens with one attached hydrogen (secondary N) is 1. The first-order chi connectivity index (χ1) is 8.56. The summed E-state index contributed by atoms with van der Waals surface area (Å²) in [7, 11) is -3.33. The van der Waals surface area contributed by atoms with Crippen LogP contribution in [-0.4, -0.2) is 20.2 Å². The molecule has 0 radical (unpaired) electrons. The van der Waals surface area contributed by atoms with Gasteiger partial charge in [-0.1, -0.05) is 6.07 Å². The highest BCUT2D eigenvalue weighted by atomic mass is 32.2. The van der Waals surface area contributed by atoms with Gasteiger partial charge in [0.1, 0.15) is 5.82 Å². The summed E-state index contributed by atoms with van der Waals surface area (Å²) in [6, 6.07) is 4.69. The Morgan fingerprint density at radius 2 is 2.00 bits per heavy atom. The third-order valence-corrected chi connectivity index (χ3v) is 5.46. The van der Waals surface area contributed by atoms with Crippen LogP contribution in [0.15, 0.2) is 23.1 Å². The third-order valence-electron chi connectivity index (χ3n) is 3.61. The van der Waals surface area contributed by atoms with Gasteiger partial charge in [-0.05, 0) is 43.4 Å². The van der Waals surface area contributed by atoms with E-state index in [0.29, 0.717) is 12.5 Å². The molecule has 1 saturated carbocycles. The number of benzene rings is 1. The fourth-order valence-corrected chi connectivity index (χ4v) is 4.14. The average molecular weight is 269 g/mol. The van der Waals surface area contributed by atoms with E-state index in [1.54, 1.807) is 6.07 Å². The minimum atomic E-state index is -3.33. The quantitative estimate of drug-likeness (QED) is 0.895. The monoisotopic (exact) mass is 269 g/mol. The lowest BCUT2D eigenvalue weighted by atomic mass is 10.0. The van der Waals surface area contributed by atoms with Crippen molar-refractivity contribution in [3.05, 3.63) is 29.6 Å². The Kier molecular flexibility index (Phi) is 2.90. The maximum atomic E-state index is 13.3. The van der Waals surface area contributed by atoms with Crippen LogP contribution in [0.2, 0.25) is 0 Å². The van der Waals surface area contributed by atoms with Crippen molar-refractivity contribution >= 4 is 9.84 Å². The molecular formula is C13H16FNO2S. The van der Waals surface area contributed by atoms with Gasteiger partial charge < -0.3 is 5.32 Å². The van der Waals surface area contributed by atoms with E-state index in [2.05, 4.69) is 5.32 Å². The van der Waals surface area contributed by atoms with Gasteiger partial charge in [0.2, 0.25) is 0 Å². The number of fused-ring (bicyclic) bond motifs is 1. The van der Waals surface area contributed by atoms with Crippen molar-refractivity contribution in [2.75, 3.05) is 5.75 Å². The zero-order chi connectivity index (χ0) is 12.8. The second-order valence-electron chi connectivity index (χ2n) is 5.14. The molecule has 3 nitrogen and oxygen atoms in total. The standard InChI is InChI=1S/C13H16FNO2S/c14-9-3-6-11-12(15-10-4-5-10)2-1-7-18(16,17)13(11)8-9/h3,6,8,10,12,15H,1-2,4-5,7H2. The normalized spacial score (nSPS) is 26.4. The highest BCUT2D eigenvalue weighted by molar-refractivity contribution is 7.91. The van der Waals surface area contributed by atoms with Crippen LogP contribution in [0.25, 0.3) is 0 Å². The highest BCUT2D eigenvalue weighted by Crippen LogP contribution is 2.34. The number of halogens is 1. The van der Waals surface area contributed by atoms with E-state index in [0.717, 1.165) is 30.9 Å². The van der Waals surface area contributed by atoms with Crippen LogP contribution in [0.3, 0.4) is 0 Å². The second kappa shape index (κ2) is 4.31. The van der Waals surface area contributed by atoms with Gasteiger partial charge >= 0.3 is 0 Å². The molecule has 1 heterocycles. The summed E-state index contributed by atoms with van der Waals surface area (Å²) in [5, 5.41) is 3.46. The van der Waals surface area contributed by atoms with E-state index in [4.69, 9.17) is 0 Å². The lowest BCUT2D eigenvalue weighted by Gasteiger charge is -2.18. The predicted molar refractivity (Wildman–Crippen MR) is 66.6 cm³/mol. The van der Waals surface area contributed by atoms with Crippen LogP contribution in [-0.2, 0) is 9.84 Å². The van der Waals surface area contributed by atoms with Crippen molar-refractivity contribution in [1.82, 2.24) is 5.32 Å². The molecule has 0 bridgehead atoms. The maximum Gasteiger partial charge on any atom is 0.178 e. The summed E-state index contributed by atoms with van der Waals surface area (Å²) in [5.41, 5.74) is 0.737. The third kappa shape index (κ3) is 2.29. The molecule has 0 saturated heterocycles. The summed E-state index contributed by atoms with van der Waals surface area (Å²) in [6.45, 7) is 0. The first kappa shape index (κ1) is 12.1. The molecule has 1 aromatic rings. The van der Waals surface area contributed by atoms with E-state index in [9.17, 15) is 12.8 Å². The zero-order valence-electron chi connectivity index (χ0n) is 10.0. The van der Waals surface area contributed by atoms with Gasteiger partial charge in [-0.25, -0.2) is 12.8 Å². The maximum absolute atomic E-state index is 13.3. The Balaban J connectivity index is 2.05. The Morgan fingerprint density at radius 3 is 2.72 bits per heavy atom. The first-order valence-electron chi connectivity index (χ1n) is 6.34. The second-order valence-corrected chi connectivity index (χ2v) is 7.21. The van der Waals surface area contributed by atoms with E-state index < -0.39 is 15.7 Å². The Bertz CT molecular complexity index is 566. The Hall–Kier alpha value is -0.940. The van der Waals surface area contributed by atoms with Gasteiger partial charge in [0.25, 0.3) is 0 Å². The topological polar surface area (TPSA) is 46.2 Å². The predicted octanol–water partition coefficient (Wildman–Crippen LogP) is 2.19. The molecule has 1 fully saturated rings. The van der Waals surface area contributed by atoms with Crippen molar-refractivity contribution in [2.45, 2.75) is 42.7 Å². The molecule has 1 atom stereocenters. The molecule has 98 valence electrons. The van der Waals surface area contributed by atoms with Crippen LogP contribution in [0.4, 0.5) is 4.39 Å². The summed E-state index contributed by atoms with van der Waals surface area (Å²) >= 11 is 0. The van der Waals surface area contributed by atoms with E-state index in [1.165, 1.54) is 6.07 Å². The molecule has 0 spiro atoms. The minimum Gasteiger partial charge on any atom is -0.307 e. The molecule has 5 heteroatoms. The van der Waals surface area contributed by atoms with Crippen LogP contribution in [0.1, 0.15) is 37.3 Å². The number of sulfone groups is 1. The lowest BCUT2D eigenvalue weighted by Crippen LogP contribution is -2.23. The van der Waals surface area contributed by atoms with Gasteiger partial charge in [0.15, 0.2) is 9.84 Å². The van der Waals surface area contributed by atoms with Gasteiger partial charge in [-0.3, -0.25) is 0 Å². The van der Waals surface area contributed by atoms with Gasteiger partial charge in [0, 0.05) is 12.1 Å². The smallest absolute Gasteiger partial charge is 0.178 e. The number of rotatable bonds is 2. The van der Waals surface area contributed by atoms with Crippen molar-refractivity contribution < 1.29 is 12.8 Å². The average Bonchev–Trinajstić information content (AvgIpc) is 3.11. The van der Waals surface area contributed by atoms with Crippen LogP contribution >= 0.6 is 0 Å². The van der Waals surface area contributed by atoms with Crippen molar-refractivity contribution in [3.8, 4) is 0 Å². The van der Waals surface area contributed by atoms with Crippen molar-refractivity contribution in [1.29, 1.82) is 0 Å². The van der Waals surface area contributed by atoms with Gasteiger partial charge in [-0.15, -0.1) is 0 Å². The molecule has 1 unspecified atom stereocenters. The molecule has 1 aromatic carbocycles. The van der Waals surface area contributed by atoms with E-state index in [-0.39, 0.29) is 16.7 Å². The fourth-order valence-electron chi connectivity index (χ4n) is 2.52. The number of hydrogen-bond acceptors (Lipinski definition) is 3. The van der Waals surface area contributed by atoms with Gasteiger partial charge in [-0.2, -0.15) is 0 Å². The Labute approximate surface area is 106 Å². The largest absolute Gasteiger partial charge is 0.307 e. The van der Waals surface area contributed by atoms with Crippen molar-refractivity contribution in [2.24, 2.45) is 0 Å². The molecule has 0 amide bonds. The molecular weight excluding hydrogens is 253 g/mol. The van der Waals surface area contributed by atoms with Gasteiger partial charge in [0.05, 0.1) is 10.6 Å². The molecule has 18 heavy (non-hydrogen) atoms. The van der Waals surface area contributed by atoms with E-state index >= 15 is 0 Å². The fraction of sp³-hybridized carbons (Fsp3) is 0.538. The molecule has 1 aliphatic heterocycles. The highest BCUT2D eigenvalue weighted by Gasteiger charge is 2.31. The zero-order valence-corrected chi connectivity index (χ0v) is 10.8. The van der Waals surface area contributed by atoms with Crippen LogP contribution < -0.4 is 5.32 Å². The lowest BCUT2D eigenvalue weighted by molar-refractivity contribution is 0.489. The van der Waals surface area contributed by atoms with E-state index in [1.807, 2.05) is 0 Å². The summed E-state index contributed by atoms with van der Waals surface area (Å²) < 4.78 is 37.5. The Morgan fingerprint density at radius 1 is 1.22 bits per heavy atom. The summed E-state index contributed by atoms with van der Waals surface area (Å²) in [6.07, 6.45) is 3.73. The molecule has 1 N–H and O–H groups in total.